The van der Waals surface area contributed by atoms with Crippen LogP contribution >= 0.6 is 15.9 Å². The van der Waals surface area contributed by atoms with Gasteiger partial charge in [0.05, 0.1) is 6.61 Å². The minimum Gasteiger partial charge on any atom is -0.494 e. The maximum Gasteiger partial charge on any atom is 0.119 e. The van der Waals surface area contributed by atoms with Crippen molar-refractivity contribution in [1.29, 1.82) is 0 Å². The lowest BCUT2D eigenvalue weighted by Gasteiger charge is -2.18. The molecular formula is C29H32BrNO2. The van der Waals surface area contributed by atoms with Crippen LogP contribution in [0.5, 0.6) is 5.75 Å². The van der Waals surface area contributed by atoms with E-state index < -0.39 is 0 Å². The molecular weight excluding hydrogens is 474 g/mol. The highest BCUT2D eigenvalue weighted by Gasteiger charge is 2.28. The summed E-state index contributed by atoms with van der Waals surface area (Å²) in [4.78, 5) is 2.37. The van der Waals surface area contributed by atoms with E-state index in [9.17, 15) is 5.11 Å². The third-order valence-electron chi connectivity index (χ3n) is 6.22. The molecule has 1 saturated heterocycles. The van der Waals surface area contributed by atoms with Gasteiger partial charge in [0.15, 0.2) is 0 Å². The number of allylic oxidation sites excluding steroid dienone is 1. The third kappa shape index (κ3) is 6.57. The molecule has 1 unspecified atom stereocenters. The topological polar surface area (TPSA) is 32.5 Å². The summed E-state index contributed by atoms with van der Waals surface area (Å²) < 4.78 is 7.07. The number of aliphatic hydroxyl groups excluding tert-OH is 1. The summed E-state index contributed by atoms with van der Waals surface area (Å²) in [6.07, 6.45) is 3.82. The Hall–Kier alpha value is -2.40. The Morgan fingerprint density at radius 3 is 2.15 bits per heavy atom. The van der Waals surface area contributed by atoms with E-state index in [0.717, 1.165) is 53.3 Å². The summed E-state index contributed by atoms with van der Waals surface area (Å²) in [6.45, 7) is 2.15. The van der Waals surface area contributed by atoms with Gasteiger partial charge in [-0.3, -0.25) is 0 Å². The van der Waals surface area contributed by atoms with Crippen molar-refractivity contribution >= 4 is 27.1 Å². The lowest BCUT2D eigenvalue weighted by atomic mass is 9.87. The average Bonchev–Trinajstić information content (AvgIpc) is 3.56. The summed E-state index contributed by atoms with van der Waals surface area (Å²) >= 11 is 3.56. The molecule has 0 aromatic heterocycles. The smallest absolute Gasteiger partial charge is 0.119 e. The van der Waals surface area contributed by atoms with Gasteiger partial charge in [0.1, 0.15) is 5.75 Å². The molecule has 172 valence electrons. The molecule has 1 aliphatic heterocycles. The van der Waals surface area contributed by atoms with E-state index in [2.05, 4.69) is 101 Å². The molecule has 0 radical (unpaired) electrons. The first-order valence-corrected chi connectivity index (χ1v) is 12.5. The molecule has 1 aliphatic rings. The predicted octanol–water partition coefficient (Wildman–Crippen LogP) is 6.65. The Labute approximate surface area is 205 Å². The summed E-state index contributed by atoms with van der Waals surface area (Å²) in [5.74, 6) is 0.912. The average molecular weight is 506 g/mol. The van der Waals surface area contributed by atoms with Crippen molar-refractivity contribution in [2.75, 3.05) is 26.8 Å². The highest BCUT2D eigenvalue weighted by molar-refractivity contribution is 9.10. The van der Waals surface area contributed by atoms with E-state index in [1.807, 2.05) is 6.07 Å². The standard InChI is InChI=1S/C29H32BrNO2/c1-31-21-26(31)9-6-20-33-27-17-13-24(14-18-27)29(23-11-15-25(30)16-12-23)28(10-5-19-32)22-7-3-2-4-8-22/h2-4,7-8,11-18,26,32H,5-6,9-10,19-21H2,1H3/b29-28-/t26-,31?/m0/s1. The molecule has 0 amide bonds. The molecule has 1 fully saturated rings. The van der Waals surface area contributed by atoms with Gasteiger partial charge in [0.25, 0.3) is 0 Å². The second-order valence-electron chi connectivity index (χ2n) is 8.66. The number of ether oxygens (including phenoxy) is 1. The van der Waals surface area contributed by atoms with Gasteiger partial charge in [-0.2, -0.15) is 0 Å². The van der Waals surface area contributed by atoms with E-state index in [-0.39, 0.29) is 6.61 Å². The van der Waals surface area contributed by atoms with Crippen molar-refractivity contribution in [1.82, 2.24) is 4.90 Å². The zero-order valence-electron chi connectivity index (χ0n) is 19.2. The van der Waals surface area contributed by atoms with Gasteiger partial charge in [-0.05, 0) is 84.8 Å². The van der Waals surface area contributed by atoms with E-state index in [4.69, 9.17) is 4.74 Å². The summed E-state index contributed by atoms with van der Waals surface area (Å²) in [7, 11) is 2.17. The number of rotatable bonds is 11. The largest absolute Gasteiger partial charge is 0.494 e. The quantitative estimate of drug-likeness (QED) is 0.180. The Kier molecular flexibility index (Phi) is 8.38. The van der Waals surface area contributed by atoms with Crippen LogP contribution in [0.15, 0.2) is 83.3 Å². The highest BCUT2D eigenvalue weighted by Crippen LogP contribution is 2.36. The molecule has 33 heavy (non-hydrogen) atoms. The Morgan fingerprint density at radius 1 is 0.909 bits per heavy atom. The number of benzene rings is 3. The van der Waals surface area contributed by atoms with Crippen molar-refractivity contribution in [3.8, 4) is 5.75 Å². The third-order valence-corrected chi connectivity index (χ3v) is 6.75. The Balaban J connectivity index is 1.62. The Bertz CT molecular complexity index is 1050. The van der Waals surface area contributed by atoms with E-state index in [1.54, 1.807) is 0 Å². The maximum absolute atomic E-state index is 9.57. The molecule has 3 nitrogen and oxygen atoms in total. The molecule has 3 aromatic carbocycles. The highest BCUT2D eigenvalue weighted by atomic mass is 79.9. The molecule has 1 heterocycles. The second kappa shape index (κ2) is 11.6. The van der Waals surface area contributed by atoms with Gasteiger partial charge in [-0.15, -0.1) is 0 Å². The van der Waals surface area contributed by atoms with Gasteiger partial charge < -0.3 is 14.7 Å². The number of likely N-dealkylation sites (N-methyl/N-ethyl adjacent to an activating group) is 1. The maximum atomic E-state index is 9.57. The van der Waals surface area contributed by atoms with E-state index in [1.165, 1.54) is 29.7 Å². The minimum atomic E-state index is 0.174. The first-order valence-electron chi connectivity index (χ1n) is 11.7. The lowest BCUT2D eigenvalue weighted by molar-refractivity contribution is 0.290. The van der Waals surface area contributed by atoms with Crippen LogP contribution in [0.2, 0.25) is 0 Å². The van der Waals surface area contributed by atoms with Crippen molar-refractivity contribution in [3.05, 3.63) is 100 Å². The van der Waals surface area contributed by atoms with Gasteiger partial charge in [0, 0.05) is 23.7 Å². The molecule has 4 heteroatoms. The first kappa shape index (κ1) is 23.7. The number of aliphatic hydroxyl groups is 1. The minimum absolute atomic E-state index is 0.174. The van der Waals surface area contributed by atoms with Crippen LogP contribution in [-0.4, -0.2) is 42.9 Å². The van der Waals surface area contributed by atoms with Crippen molar-refractivity contribution < 1.29 is 9.84 Å². The molecule has 4 rings (SSSR count). The fraction of sp³-hybridized carbons (Fsp3) is 0.310. The van der Waals surface area contributed by atoms with Gasteiger partial charge >= 0.3 is 0 Å². The SMILES string of the molecule is CN1C[C@@H]1CCCOc1ccc(/C(=C(/CCCO)c2ccccc2)c2ccc(Br)cc2)cc1. The zero-order valence-corrected chi connectivity index (χ0v) is 20.8. The van der Waals surface area contributed by atoms with Crippen LogP contribution in [0.4, 0.5) is 0 Å². The zero-order chi connectivity index (χ0) is 23.0. The molecule has 1 N–H and O–H groups in total. The van der Waals surface area contributed by atoms with E-state index in [0.29, 0.717) is 0 Å². The summed E-state index contributed by atoms with van der Waals surface area (Å²) in [5, 5.41) is 9.57. The van der Waals surface area contributed by atoms with Crippen molar-refractivity contribution in [2.45, 2.75) is 31.7 Å². The van der Waals surface area contributed by atoms with E-state index >= 15 is 0 Å². The van der Waals surface area contributed by atoms with Gasteiger partial charge in [-0.1, -0.05) is 70.5 Å². The molecule has 0 saturated carbocycles. The predicted molar refractivity (Wildman–Crippen MR) is 140 cm³/mol. The molecule has 0 bridgehead atoms. The normalized spacial score (nSPS) is 18.0. The van der Waals surface area contributed by atoms with Crippen LogP contribution in [0.25, 0.3) is 11.1 Å². The van der Waals surface area contributed by atoms with Gasteiger partial charge in [0.2, 0.25) is 0 Å². The van der Waals surface area contributed by atoms with Crippen molar-refractivity contribution in [3.63, 3.8) is 0 Å². The summed E-state index contributed by atoms with van der Waals surface area (Å²) in [6, 6.07) is 28.2. The number of hydrogen-bond donors (Lipinski definition) is 1. The molecule has 0 spiro atoms. The monoisotopic (exact) mass is 505 g/mol. The first-order chi connectivity index (χ1) is 16.2. The van der Waals surface area contributed by atoms with Crippen LogP contribution in [-0.2, 0) is 0 Å². The number of hydrogen-bond acceptors (Lipinski definition) is 3. The van der Waals surface area contributed by atoms with Crippen molar-refractivity contribution in [2.24, 2.45) is 0 Å². The van der Waals surface area contributed by atoms with Crippen LogP contribution < -0.4 is 4.74 Å². The fourth-order valence-corrected chi connectivity index (χ4v) is 4.53. The molecule has 0 aliphatic carbocycles. The molecule has 2 atom stereocenters. The Morgan fingerprint density at radius 2 is 1.55 bits per heavy atom. The van der Waals surface area contributed by atoms with Crippen LogP contribution in [0, 0.1) is 0 Å². The van der Waals surface area contributed by atoms with Crippen LogP contribution in [0.1, 0.15) is 42.4 Å². The lowest BCUT2D eigenvalue weighted by Crippen LogP contribution is -2.02. The number of nitrogens with zero attached hydrogens (tertiary/aromatic N) is 1. The summed E-state index contributed by atoms with van der Waals surface area (Å²) in [5.41, 5.74) is 5.95. The fourth-order valence-electron chi connectivity index (χ4n) is 4.26. The molecule has 3 aromatic rings. The number of halogens is 1. The van der Waals surface area contributed by atoms with Crippen LogP contribution in [0.3, 0.4) is 0 Å². The van der Waals surface area contributed by atoms with Gasteiger partial charge in [-0.25, -0.2) is 0 Å². The second-order valence-corrected chi connectivity index (χ2v) is 9.58.